The third kappa shape index (κ3) is 3.58. The summed E-state index contributed by atoms with van der Waals surface area (Å²) in [6.45, 7) is 0. The number of nitrogens with zero attached hydrogens (tertiary/aromatic N) is 1. The summed E-state index contributed by atoms with van der Waals surface area (Å²) in [6, 6.07) is 16.7. The molecule has 0 bridgehead atoms. The Morgan fingerprint density at radius 3 is 2.52 bits per heavy atom. The molecule has 0 saturated carbocycles. The van der Waals surface area contributed by atoms with Gasteiger partial charge in [-0.25, -0.2) is 4.98 Å². The Hall–Kier alpha value is -3.41. The molecule has 2 aromatic carbocycles. The monoisotopic (exact) mass is 335 g/mol. The maximum Gasteiger partial charge on any atom is 0.270 e. The zero-order valence-corrected chi connectivity index (χ0v) is 13.6. The van der Waals surface area contributed by atoms with Crippen LogP contribution in [0, 0.1) is 0 Å². The predicted molar refractivity (Wildman–Crippen MR) is 94.1 cm³/mol. The summed E-state index contributed by atoms with van der Waals surface area (Å²) < 4.78 is 5.17. The number of carbonyl (C=O) groups excluding carboxylic acids is 2. The van der Waals surface area contributed by atoms with Crippen molar-refractivity contribution in [3.63, 3.8) is 0 Å². The van der Waals surface area contributed by atoms with E-state index < -0.39 is 17.9 Å². The van der Waals surface area contributed by atoms with Crippen molar-refractivity contribution in [3.05, 3.63) is 71.9 Å². The Kier molecular flexibility index (Phi) is 4.61. The summed E-state index contributed by atoms with van der Waals surface area (Å²) >= 11 is 0. The van der Waals surface area contributed by atoms with Crippen molar-refractivity contribution >= 4 is 22.7 Å². The Morgan fingerprint density at radius 1 is 1.08 bits per heavy atom. The Balaban J connectivity index is 1.87. The van der Waals surface area contributed by atoms with Crippen LogP contribution in [0.5, 0.6) is 5.75 Å². The van der Waals surface area contributed by atoms with Crippen molar-refractivity contribution in [2.24, 2.45) is 5.73 Å². The molecule has 1 atom stereocenters. The predicted octanol–water partition coefficient (Wildman–Crippen LogP) is 2.20. The average Bonchev–Trinajstić information content (AvgIpc) is 2.65. The first-order valence-electron chi connectivity index (χ1n) is 7.68. The van der Waals surface area contributed by atoms with Gasteiger partial charge in [0.05, 0.1) is 12.6 Å². The lowest BCUT2D eigenvalue weighted by Crippen LogP contribution is -2.37. The summed E-state index contributed by atoms with van der Waals surface area (Å²) in [5, 5.41) is 3.49. The molecule has 25 heavy (non-hydrogen) atoms. The number of hydrogen-bond acceptors (Lipinski definition) is 4. The largest absolute Gasteiger partial charge is 0.497 e. The van der Waals surface area contributed by atoms with E-state index in [1.54, 1.807) is 55.6 Å². The van der Waals surface area contributed by atoms with Gasteiger partial charge < -0.3 is 15.8 Å². The van der Waals surface area contributed by atoms with Crippen LogP contribution in [0.4, 0.5) is 0 Å². The number of hydrogen-bond donors (Lipinski definition) is 2. The lowest BCUT2D eigenvalue weighted by atomic mass is 10.1. The van der Waals surface area contributed by atoms with Gasteiger partial charge in [0, 0.05) is 5.39 Å². The third-order valence-electron chi connectivity index (χ3n) is 3.82. The number of ether oxygens (including phenoxy) is 1. The van der Waals surface area contributed by atoms with E-state index >= 15 is 0 Å². The number of carbonyl (C=O) groups is 2. The van der Waals surface area contributed by atoms with Gasteiger partial charge in [0.15, 0.2) is 0 Å². The molecule has 3 aromatic rings. The summed E-state index contributed by atoms with van der Waals surface area (Å²) in [5.41, 5.74) is 6.91. The first-order chi connectivity index (χ1) is 12.1. The number of primary amides is 1. The van der Waals surface area contributed by atoms with Crippen LogP contribution < -0.4 is 15.8 Å². The highest BCUT2D eigenvalue weighted by molar-refractivity contribution is 5.98. The number of rotatable bonds is 5. The minimum Gasteiger partial charge on any atom is -0.497 e. The zero-order valence-electron chi connectivity index (χ0n) is 13.6. The van der Waals surface area contributed by atoms with Crippen LogP contribution in [0.15, 0.2) is 60.7 Å². The van der Waals surface area contributed by atoms with E-state index in [1.165, 1.54) is 0 Å². The van der Waals surface area contributed by atoms with Gasteiger partial charge in [0.2, 0.25) is 5.91 Å². The number of nitrogens with two attached hydrogens (primary N) is 1. The number of amides is 2. The van der Waals surface area contributed by atoms with Crippen LogP contribution in [0.2, 0.25) is 0 Å². The first-order valence-corrected chi connectivity index (χ1v) is 7.68. The van der Waals surface area contributed by atoms with Gasteiger partial charge in [0.25, 0.3) is 5.91 Å². The van der Waals surface area contributed by atoms with Crippen molar-refractivity contribution < 1.29 is 14.3 Å². The fourth-order valence-electron chi connectivity index (χ4n) is 2.53. The van der Waals surface area contributed by atoms with Crippen LogP contribution >= 0.6 is 0 Å². The van der Waals surface area contributed by atoms with Gasteiger partial charge in [-0.2, -0.15) is 0 Å². The Bertz CT molecular complexity index is 926. The minimum absolute atomic E-state index is 0.208. The molecule has 126 valence electrons. The van der Waals surface area contributed by atoms with Crippen LogP contribution in [0.1, 0.15) is 22.1 Å². The summed E-state index contributed by atoms with van der Waals surface area (Å²) in [5.74, 6) is -0.389. The number of fused-ring (bicyclic) bond motifs is 1. The minimum atomic E-state index is -0.915. The molecule has 6 heteroatoms. The highest BCUT2D eigenvalue weighted by Gasteiger charge is 2.21. The van der Waals surface area contributed by atoms with E-state index in [9.17, 15) is 9.59 Å². The highest BCUT2D eigenvalue weighted by Crippen LogP contribution is 2.20. The molecular formula is C19H17N3O3. The molecule has 3 rings (SSSR count). The molecule has 0 aliphatic heterocycles. The van der Waals surface area contributed by atoms with E-state index in [1.807, 2.05) is 12.1 Å². The van der Waals surface area contributed by atoms with Gasteiger partial charge in [-0.15, -0.1) is 0 Å². The van der Waals surface area contributed by atoms with Crippen molar-refractivity contribution in [3.8, 4) is 5.75 Å². The Labute approximate surface area is 144 Å². The van der Waals surface area contributed by atoms with E-state index in [4.69, 9.17) is 10.5 Å². The Morgan fingerprint density at radius 2 is 1.84 bits per heavy atom. The average molecular weight is 335 g/mol. The van der Waals surface area contributed by atoms with Crippen LogP contribution in [0.25, 0.3) is 10.9 Å². The molecule has 1 aromatic heterocycles. The summed E-state index contributed by atoms with van der Waals surface area (Å²) in [4.78, 5) is 28.6. The molecule has 0 saturated heterocycles. The van der Waals surface area contributed by atoms with E-state index in [2.05, 4.69) is 10.3 Å². The van der Waals surface area contributed by atoms with Crippen molar-refractivity contribution in [1.82, 2.24) is 10.3 Å². The maximum absolute atomic E-state index is 12.5. The molecule has 0 spiro atoms. The van der Waals surface area contributed by atoms with E-state index in [0.717, 1.165) is 5.39 Å². The van der Waals surface area contributed by atoms with Gasteiger partial charge in [-0.05, 0) is 29.8 Å². The van der Waals surface area contributed by atoms with Crippen molar-refractivity contribution in [1.29, 1.82) is 0 Å². The van der Waals surface area contributed by atoms with Crippen LogP contribution in [-0.4, -0.2) is 23.9 Å². The number of pyridine rings is 1. The SMILES string of the molecule is COc1ccc2nc(C(=O)N[C@H](C(N)=O)c3ccccc3)ccc2c1. The quantitative estimate of drug-likeness (QED) is 0.747. The van der Waals surface area contributed by atoms with Gasteiger partial charge in [-0.1, -0.05) is 36.4 Å². The highest BCUT2D eigenvalue weighted by atomic mass is 16.5. The topological polar surface area (TPSA) is 94.3 Å². The standard InChI is InChI=1S/C19H17N3O3/c1-25-14-8-10-15-13(11-14)7-9-16(21-15)19(24)22-17(18(20)23)12-5-3-2-4-6-12/h2-11,17H,1H3,(H2,20,23)(H,22,24)/t17-/m0/s1. The molecule has 0 radical (unpaired) electrons. The van der Waals surface area contributed by atoms with Crippen LogP contribution in [0.3, 0.4) is 0 Å². The maximum atomic E-state index is 12.5. The molecular weight excluding hydrogens is 318 g/mol. The number of methoxy groups -OCH3 is 1. The summed E-state index contributed by atoms with van der Waals surface area (Å²) in [6.07, 6.45) is 0. The summed E-state index contributed by atoms with van der Waals surface area (Å²) in [7, 11) is 1.59. The fourth-order valence-corrected chi connectivity index (χ4v) is 2.53. The second-order valence-electron chi connectivity index (χ2n) is 5.47. The van der Waals surface area contributed by atoms with Gasteiger partial charge >= 0.3 is 0 Å². The second-order valence-corrected chi connectivity index (χ2v) is 5.47. The van der Waals surface area contributed by atoms with Crippen LogP contribution in [-0.2, 0) is 4.79 Å². The lowest BCUT2D eigenvalue weighted by Gasteiger charge is -2.15. The smallest absolute Gasteiger partial charge is 0.270 e. The molecule has 0 fully saturated rings. The van der Waals surface area contributed by atoms with Crippen molar-refractivity contribution in [2.75, 3.05) is 7.11 Å². The first kappa shape index (κ1) is 16.4. The number of benzene rings is 2. The molecule has 2 amide bonds. The third-order valence-corrected chi connectivity index (χ3v) is 3.82. The lowest BCUT2D eigenvalue weighted by molar-refractivity contribution is -0.120. The normalized spacial score (nSPS) is 11.7. The zero-order chi connectivity index (χ0) is 17.8. The molecule has 3 N–H and O–H groups in total. The fraction of sp³-hybridized carbons (Fsp3) is 0.105. The molecule has 6 nitrogen and oxygen atoms in total. The molecule has 1 heterocycles. The van der Waals surface area contributed by atoms with Gasteiger partial charge in [-0.3, -0.25) is 9.59 Å². The van der Waals surface area contributed by atoms with E-state index in [0.29, 0.717) is 16.8 Å². The molecule has 0 unspecified atom stereocenters. The number of aromatic nitrogens is 1. The molecule has 0 aliphatic carbocycles. The van der Waals surface area contributed by atoms with Crippen molar-refractivity contribution in [2.45, 2.75) is 6.04 Å². The van der Waals surface area contributed by atoms with E-state index in [-0.39, 0.29) is 5.69 Å². The van der Waals surface area contributed by atoms with Gasteiger partial charge in [0.1, 0.15) is 17.5 Å². The second kappa shape index (κ2) is 7.00. The molecule has 0 aliphatic rings. The number of nitrogens with one attached hydrogen (secondary N) is 1.